The molecule has 1 fully saturated rings. The smallest absolute Gasteiger partial charge is 0.220 e. The summed E-state index contributed by atoms with van der Waals surface area (Å²) in [6, 6.07) is 0.316. The van der Waals surface area contributed by atoms with Crippen LogP contribution in [0.4, 0.5) is 0 Å². The molecule has 1 unspecified atom stereocenters. The first-order valence-corrected chi connectivity index (χ1v) is 6.66. The summed E-state index contributed by atoms with van der Waals surface area (Å²) < 4.78 is 0. The van der Waals surface area contributed by atoms with Gasteiger partial charge >= 0.3 is 0 Å². The number of carbonyl (C=O) groups is 1. The lowest BCUT2D eigenvalue weighted by Crippen LogP contribution is -2.45. The second-order valence-electron chi connectivity index (χ2n) is 4.09. The van der Waals surface area contributed by atoms with E-state index in [0.29, 0.717) is 12.5 Å². The molecular weight excluding hydrogens is 293 g/mol. The highest BCUT2D eigenvalue weighted by molar-refractivity contribution is 7.07. The van der Waals surface area contributed by atoms with Crippen LogP contribution in [0.5, 0.6) is 0 Å². The highest BCUT2D eigenvalue weighted by atomic mass is 35.5. The van der Waals surface area contributed by atoms with Gasteiger partial charge in [0.2, 0.25) is 5.91 Å². The van der Waals surface area contributed by atoms with Crippen molar-refractivity contribution in [1.29, 1.82) is 0 Å². The molecule has 1 aromatic heterocycles. The molecule has 0 aliphatic carbocycles. The van der Waals surface area contributed by atoms with E-state index in [4.69, 9.17) is 0 Å². The van der Waals surface area contributed by atoms with Crippen LogP contribution < -0.4 is 10.6 Å². The largest absolute Gasteiger partial charge is 0.352 e. The summed E-state index contributed by atoms with van der Waals surface area (Å²) in [6.07, 6.45) is 3.53. The molecule has 0 spiro atoms. The van der Waals surface area contributed by atoms with Crippen LogP contribution in [0, 0.1) is 0 Å². The van der Waals surface area contributed by atoms with Crippen LogP contribution in [-0.2, 0) is 11.2 Å². The maximum absolute atomic E-state index is 11.6. The molecular formula is C11H19Cl2N3OS. The van der Waals surface area contributed by atoms with Gasteiger partial charge in [-0.2, -0.15) is 0 Å². The van der Waals surface area contributed by atoms with Crippen LogP contribution in [0.2, 0.25) is 0 Å². The van der Waals surface area contributed by atoms with E-state index < -0.39 is 0 Å². The molecule has 2 heterocycles. The van der Waals surface area contributed by atoms with E-state index in [1.54, 1.807) is 16.8 Å². The van der Waals surface area contributed by atoms with Crippen molar-refractivity contribution in [2.75, 3.05) is 13.1 Å². The molecule has 0 radical (unpaired) electrons. The Morgan fingerprint density at radius 1 is 1.56 bits per heavy atom. The molecule has 1 saturated heterocycles. The van der Waals surface area contributed by atoms with E-state index >= 15 is 0 Å². The highest BCUT2D eigenvalue weighted by Crippen LogP contribution is 2.05. The Morgan fingerprint density at radius 3 is 3.00 bits per heavy atom. The average molecular weight is 312 g/mol. The standard InChI is InChI=1S/C11H17N3OS.2ClH/c15-11(4-3-10-7-16-8-13-10)14-9-2-1-5-12-6-9;;/h7-9,12H,1-6H2,(H,14,15);2*1H. The maximum Gasteiger partial charge on any atom is 0.220 e. The summed E-state index contributed by atoms with van der Waals surface area (Å²) in [6.45, 7) is 1.98. The van der Waals surface area contributed by atoms with Crippen molar-refractivity contribution < 1.29 is 4.79 Å². The Bertz CT molecular complexity index is 329. The molecule has 4 nitrogen and oxygen atoms in total. The number of aromatic nitrogens is 1. The van der Waals surface area contributed by atoms with Crippen LogP contribution in [0.25, 0.3) is 0 Å². The van der Waals surface area contributed by atoms with Crippen molar-refractivity contribution in [2.45, 2.75) is 31.7 Å². The van der Waals surface area contributed by atoms with E-state index in [0.717, 1.165) is 38.0 Å². The lowest BCUT2D eigenvalue weighted by molar-refractivity contribution is -0.121. The van der Waals surface area contributed by atoms with Crippen molar-refractivity contribution in [3.05, 3.63) is 16.6 Å². The molecule has 18 heavy (non-hydrogen) atoms. The number of nitrogens with zero attached hydrogens (tertiary/aromatic N) is 1. The fraction of sp³-hybridized carbons (Fsp3) is 0.636. The zero-order chi connectivity index (χ0) is 11.2. The van der Waals surface area contributed by atoms with Crippen LogP contribution in [0.1, 0.15) is 25.0 Å². The second-order valence-corrected chi connectivity index (χ2v) is 4.81. The lowest BCUT2D eigenvalue weighted by atomic mass is 10.1. The van der Waals surface area contributed by atoms with E-state index in [2.05, 4.69) is 15.6 Å². The summed E-state index contributed by atoms with van der Waals surface area (Å²) in [4.78, 5) is 15.8. The third-order valence-electron chi connectivity index (χ3n) is 2.75. The van der Waals surface area contributed by atoms with Crippen LogP contribution >= 0.6 is 36.2 Å². The minimum atomic E-state index is 0. The molecule has 104 valence electrons. The molecule has 1 atom stereocenters. The average Bonchev–Trinajstić information content (AvgIpc) is 2.81. The van der Waals surface area contributed by atoms with Gasteiger partial charge in [-0.15, -0.1) is 36.2 Å². The van der Waals surface area contributed by atoms with Crippen LogP contribution in [0.15, 0.2) is 10.9 Å². The number of hydrogen-bond acceptors (Lipinski definition) is 4. The van der Waals surface area contributed by atoms with Gasteiger partial charge in [0.25, 0.3) is 0 Å². The van der Waals surface area contributed by atoms with Crippen molar-refractivity contribution in [2.24, 2.45) is 0 Å². The first-order valence-electron chi connectivity index (χ1n) is 5.72. The van der Waals surface area contributed by atoms with Crippen molar-refractivity contribution in [3.63, 3.8) is 0 Å². The number of halogens is 2. The van der Waals surface area contributed by atoms with Gasteiger partial charge in [-0.25, -0.2) is 4.98 Å². The molecule has 0 bridgehead atoms. The van der Waals surface area contributed by atoms with E-state index in [1.165, 1.54) is 0 Å². The summed E-state index contributed by atoms with van der Waals surface area (Å²) in [5.41, 5.74) is 2.82. The molecule has 0 saturated carbocycles. The number of piperidine rings is 1. The first-order chi connectivity index (χ1) is 7.84. The number of nitrogens with one attached hydrogen (secondary N) is 2. The molecule has 7 heteroatoms. The first kappa shape index (κ1) is 17.6. The van der Waals surface area contributed by atoms with Gasteiger partial charge in [-0.3, -0.25) is 4.79 Å². The van der Waals surface area contributed by atoms with Gasteiger partial charge in [-0.1, -0.05) is 0 Å². The molecule has 2 N–H and O–H groups in total. The van der Waals surface area contributed by atoms with E-state index in [9.17, 15) is 4.79 Å². The Balaban J connectivity index is 0.00000144. The third-order valence-corrected chi connectivity index (χ3v) is 3.39. The number of hydrogen-bond donors (Lipinski definition) is 2. The maximum atomic E-state index is 11.6. The predicted molar refractivity (Wildman–Crippen MR) is 79.0 cm³/mol. The minimum Gasteiger partial charge on any atom is -0.352 e. The summed E-state index contributed by atoms with van der Waals surface area (Å²) in [7, 11) is 0. The van der Waals surface area contributed by atoms with Gasteiger partial charge in [0, 0.05) is 24.4 Å². The fourth-order valence-corrected chi connectivity index (χ4v) is 2.47. The quantitative estimate of drug-likeness (QED) is 0.891. The summed E-state index contributed by atoms with van der Waals surface area (Å²) in [5.74, 6) is 0.140. The number of carbonyl (C=O) groups excluding carboxylic acids is 1. The molecule has 1 aliphatic rings. The SMILES string of the molecule is Cl.Cl.O=C(CCc1cscn1)NC1CCCNC1. The molecule has 1 aromatic rings. The minimum absolute atomic E-state index is 0. The predicted octanol–water partition coefficient (Wildman–Crippen LogP) is 1.79. The molecule has 1 aliphatic heterocycles. The number of amides is 1. The van der Waals surface area contributed by atoms with Crippen molar-refractivity contribution in [3.8, 4) is 0 Å². The van der Waals surface area contributed by atoms with Gasteiger partial charge < -0.3 is 10.6 Å². The molecule has 0 aromatic carbocycles. The number of rotatable bonds is 4. The van der Waals surface area contributed by atoms with Crippen molar-refractivity contribution >= 4 is 42.1 Å². The Kier molecular flexibility index (Phi) is 9.36. The van der Waals surface area contributed by atoms with E-state index in [-0.39, 0.29) is 30.7 Å². The fourth-order valence-electron chi connectivity index (χ4n) is 1.88. The second kappa shape index (κ2) is 9.55. The van der Waals surface area contributed by atoms with Gasteiger partial charge in [0.15, 0.2) is 0 Å². The highest BCUT2D eigenvalue weighted by Gasteiger charge is 2.14. The Labute approximate surface area is 124 Å². The van der Waals surface area contributed by atoms with Crippen molar-refractivity contribution in [1.82, 2.24) is 15.6 Å². The van der Waals surface area contributed by atoms with Crippen LogP contribution in [0.3, 0.4) is 0 Å². The summed E-state index contributed by atoms with van der Waals surface area (Å²) >= 11 is 1.57. The molecule has 1 amide bonds. The third kappa shape index (κ3) is 6.00. The van der Waals surface area contributed by atoms with E-state index in [1.807, 2.05) is 5.38 Å². The zero-order valence-electron chi connectivity index (χ0n) is 10.1. The zero-order valence-corrected chi connectivity index (χ0v) is 12.5. The topological polar surface area (TPSA) is 54.0 Å². The summed E-state index contributed by atoms with van der Waals surface area (Å²) in [5, 5.41) is 8.34. The Hall–Kier alpha value is -0.360. The number of thiazole rings is 1. The van der Waals surface area contributed by atoms with Gasteiger partial charge in [-0.05, 0) is 25.8 Å². The van der Waals surface area contributed by atoms with Gasteiger partial charge in [0.1, 0.15) is 0 Å². The monoisotopic (exact) mass is 311 g/mol. The Morgan fingerprint density at radius 2 is 2.39 bits per heavy atom. The van der Waals surface area contributed by atoms with Gasteiger partial charge in [0.05, 0.1) is 11.2 Å². The lowest BCUT2D eigenvalue weighted by Gasteiger charge is -2.23. The normalized spacial score (nSPS) is 18.3. The molecule has 2 rings (SSSR count). The van der Waals surface area contributed by atoms with Crippen LogP contribution in [-0.4, -0.2) is 30.0 Å². The number of aryl methyl sites for hydroxylation is 1.